The first-order valence-corrected chi connectivity index (χ1v) is 8.51. The summed E-state index contributed by atoms with van der Waals surface area (Å²) < 4.78 is 14.6. The number of allylic oxidation sites excluding steroid dienone is 2. The number of nitrogens with two attached hydrogens (primary N) is 2. The lowest BCUT2D eigenvalue weighted by Gasteiger charge is -2.12. The van der Waals surface area contributed by atoms with E-state index in [-0.39, 0.29) is 29.4 Å². The van der Waals surface area contributed by atoms with Crippen molar-refractivity contribution >= 4 is 11.4 Å². The van der Waals surface area contributed by atoms with Crippen LogP contribution in [0.4, 0.5) is 4.39 Å². The minimum absolute atomic E-state index is 0.0359. The largest absolute Gasteiger partial charge is 0.507 e. The summed E-state index contributed by atoms with van der Waals surface area (Å²) in [6.07, 6.45) is 5.25. The Morgan fingerprint density at radius 1 is 1.32 bits per heavy atom. The van der Waals surface area contributed by atoms with Crippen molar-refractivity contribution in [1.82, 2.24) is 0 Å². The van der Waals surface area contributed by atoms with Crippen LogP contribution in [0, 0.1) is 5.82 Å². The molecule has 0 spiro atoms. The Kier molecular flexibility index (Phi) is 5.96. The first-order chi connectivity index (χ1) is 12.0. The highest BCUT2D eigenvalue weighted by Gasteiger charge is 2.27. The number of hydrogen-bond donors (Lipinski definition) is 3. The van der Waals surface area contributed by atoms with Gasteiger partial charge in [-0.05, 0) is 55.5 Å². The molecule has 5 N–H and O–H groups in total. The number of benzene rings is 1. The topological polar surface area (TPSA) is 97.0 Å². The summed E-state index contributed by atoms with van der Waals surface area (Å²) in [5.41, 5.74) is 13.4. The zero-order valence-electron chi connectivity index (χ0n) is 14.9. The van der Waals surface area contributed by atoms with E-state index in [1.54, 1.807) is 25.1 Å². The van der Waals surface area contributed by atoms with Gasteiger partial charge in [0.15, 0.2) is 0 Å². The van der Waals surface area contributed by atoms with Gasteiger partial charge in [-0.25, -0.2) is 9.38 Å². The first-order valence-electron chi connectivity index (χ1n) is 8.51. The molecule has 1 heterocycles. The molecule has 1 aliphatic heterocycles. The molecule has 0 amide bonds. The van der Waals surface area contributed by atoms with Crippen LogP contribution >= 0.6 is 0 Å². The van der Waals surface area contributed by atoms with Crippen molar-refractivity contribution in [3.05, 3.63) is 52.7 Å². The molecule has 0 aromatic heterocycles. The maximum Gasteiger partial charge on any atom is 0.136 e. The highest BCUT2D eigenvalue weighted by molar-refractivity contribution is 6.52. The van der Waals surface area contributed by atoms with Crippen molar-refractivity contribution < 1.29 is 9.50 Å². The number of aliphatic imine (C=N–C) groups is 2. The number of halogens is 1. The number of hydrogen-bond acceptors (Lipinski definition) is 5. The Morgan fingerprint density at radius 3 is 2.56 bits per heavy atom. The quantitative estimate of drug-likeness (QED) is 0.784. The molecule has 0 atom stereocenters. The third-order valence-electron chi connectivity index (χ3n) is 3.78. The normalized spacial score (nSPS) is 17.6. The van der Waals surface area contributed by atoms with Crippen LogP contribution in [0.15, 0.2) is 45.8 Å². The van der Waals surface area contributed by atoms with E-state index in [9.17, 15) is 9.50 Å². The Morgan fingerprint density at radius 2 is 2.00 bits per heavy atom. The smallest absolute Gasteiger partial charge is 0.136 e. The monoisotopic (exact) mass is 344 g/mol. The second kappa shape index (κ2) is 7.96. The standard InChI is InChI=1S/C17H19FN4O.C2H6/c1-9(19)6-13-17(21-5-4-15(20)22-13)16-12(18)7-11(8-14(16)23)10-2-3-10;1-2/h4,6-8,10,23H,2-3,5,19-20H2,1H3;1-2H3/b9-6-;. The molecule has 6 heteroatoms. The zero-order chi connectivity index (χ0) is 18.6. The van der Waals surface area contributed by atoms with Crippen molar-refractivity contribution in [3.8, 4) is 5.75 Å². The molecule has 3 rings (SSSR count). The predicted octanol–water partition coefficient (Wildman–Crippen LogP) is 3.34. The van der Waals surface area contributed by atoms with E-state index in [4.69, 9.17) is 11.5 Å². The third kappa shape index (κ3) is 4.47. The summed E-state index contributed by atoms with van der Waals surface area (Å²) in [6, 6.07) is 3.07. The summed E-state index contributed by atoms with van der Waals surface area (Å²) in [4.78, 5) is 8.54. The maximum atomic E-state index is 14.6. The van der Waals surface area contributed by atoms with Gasteiger partial charge in [0, 0.05) is 5.70 Å². The molecule has 1 saturated carbocycles. The van der Waals surface area contributed by atoms with Gasteiger partial charge in [-0.1, -0.05) is 13.8 Å². The van der Waals surface area contributed by atoms with Crippen LogP contribution in [0.2, 0.25) is 0 Å². The van der Waals surface area contributed by atoms with Crippen molar-refractivity contribution in [3.63, 3.8) is 0 Å². The maximum absolute atomic E-state index is 14.6. The number of nitrogens with zero attached hydrogens (tertiary/aromatic N) is 2. The molecule has 1 aliphatic carbocycles. The summed E-state index contributed by atoms with van der Waals surface area (Å²) >= 11 is 0. The summed E-state index contributed by atoms with van der Waals surface area (Å²) in [5, 5.41) is 10.3. The molecule has 0 saturated heterocycles. The first kappa shape index (κ1) is 18.7. The van der Waals surface area contributed by atoms with Crippen LogP contribution in [0.25, 0.3) is 0 Å². The average Bonchev–Trinajstić information content (AvgIpc) is 3.38. The molecule has 1 aromatic carbocycles. The second-order valence-electron chi connectivity index (χ2n) is 5.87. The van der Waals surface area contributed by atoms with E-state index < -0.39 is 5.82 Å². The highest BCUT2D eigenvalue weighted by atomic mass is 19.1. The highest BCUT2D eigenvalue weighted by Crippen LogP contribution is 2.42. The number of rotatable bonds is 3. The molecular formula is C19H25FN4O. The lowest BCUT2D eigenvalue weighted by molar-refractivity contribution is 0.466. The van der Waals surface area contributed by atoms with Gasteiger partial charge >= 0.3 is 0 Å². The fourth-order valence-corrected chi connectivity index (χ4v) is 2.57. The van der Waals surface area contributed by atoms with Gasteiger partial charge in [-0.15, -0.1) is 0 Å². The molecule has 5 nitrogen and oxygen atoms in total. The van der Waals surface area contributed by atoms with Gasteiger partial charge in [-0.2, -0.15) is 0 Å². The fourth-order valence-electron chi connectivity index (χ4n) is 2.57. The van der Waals surface area contributed by atoms with Gasteiger partial charge in [-0.3, -0.25) is 4.99 Å². The van der Waals surface area contributed by atoms with Crippen molar-refractivity contribution in [2.24, 2.45) is 21.5 Å². The Balaban J connectivity index is 0.00000109. The fraction of sp³-hybridized carbons (Fsp3) is 0.368. The van der Waals surface area contributed by atoms with Gasteiger partial charge in [0.1, 0.15) is 17.4 Å². The third-order valence-corrected chi connectivity index (χ3v) is 3.78. The summed E-state index contributed by atoms with van der Waals surface area (Å²) in [7, 11) is 0. The van der Waals surface area contributed by atoms with Crippen LogP contribution in [0.5, 0.6) is 5.75 Å². The van der Waals surface area contributed by atoms with Crippen LogP contribution in [0.1, 0.15) is 50.7 Å². The lowest BCUT2D eigenvalue weighted by Crippen LogP contribution is -2.18. The van der Waals surface area contributed by atoms with E-state index >= 15 is 0 Å². The minimum atomic E-state index is -0.512. The second-order valence-corrected chi connectivity index (χ2v) is 5.87. The van der Waals surface area contributed by atoms with E-state index in [0.29, 0.717) is 17.3 Å². The number of phenols is 1. The van der Waals surface area contributed by atoms with Gasteiger partial charge in [0.2, 0.25) is 0 Å². The van der Waals surface area contributed by atoms with Gasteiger partial charge < -0.3 is 16.6 Å². The van der Waals surface area contributed by atoms with Crippen molar-refractivity contribution in [2.75, 3.05) is 6.54 Å². The van der Waals surface area contributed by atoms with Crippen LogP contribution in [-0.4, -0.2) is 23.1 Å². The average molecular weight is 344 g/mol. The molecule has 25 heavy (non-hydrogen) atoms. The summed E-state index contributed by atoms with van der Waals surface area (Å²) in [5.74, 6) is -0.0216. The molecule has 0 unspecified atom stereocenters. The van der Waals surface area contributed by atoms with E-state index in [0.717, 1.165) is 18.4 Å². The predicted molar refractivity (Wildman–Crippen MR) is 100 cm³/mol. The van der Waals surface area contributed by atoms with E-state index in [1.165, 1.54) is 6.07 Å². The lowest BCUT2D eigenvalue weighted by atomic mass is 9.99. The molecule has 2 aliphatic rings. The molecular weight excluding hydrogens is 319 g/mol. The SMILES string of the molecule is C/C(N)=C/C1=NC(N)=CCN=C1c1c(O)cc(C2CC2)cc1F.CC. The number of phenolic OH excluding ortho intramolecular Hbond substituents is 1. The van der Waals surface area contributed by atoms with Crippen molar-refractivity contribution in [1.29, 1.82) is 0 Å². The molecule has 1 aromatic rings. The number of aromatic hydroxyl groups is 1. The molecule has 0 bridgehead atoms. The van der Waals surface area contributed by atoms with Crippen LogP contribution in [-0.2, 0) is 0 Å². The Hall–Kier alpha value is -2.63. The van der Waals surface area contributed by atoms with E-state index in [1.807, 2.05) is 13.8 Å². The zero-order valence-corrected chi connectivity index (χ0v) is 14.9. The van der Waals surface area contributed by atoms with Gasteiger partial charge in [0.05, 0.1) is 23.5 Å². The Labute approximate surface area is 147 Å². The van der Waals surface area contributed by atoms with Gasteiger partial charge in [0.25, 0.3) is 0 Å². The van der Waals surface area contributed by atoms with E-state index in [2.05, 4.69) is 9.98 Å². The van der Waals surface area contributed by atoms with Crippen LogP contribution in [0.3, 0.4) is 0 Å². The minimum Gasteiger partial charge on any atom is -0.507 e. The molecule has 1 fully saturated rings. The Bertz CT molecular complexity index is 747. The summed E-state index contributed by atoms with van der Waals surface area (Å²) in [6.45, 7) is 5.95. The van der Waals surface area contributed by atoms with Crippen molar-refractivity contribution in [2.45, 2.75) is 39.5 Å². The molecule has 0 radical (unpaired) electrons. The van der Waals surface area contributed by atoms with Crippen LogP contribution < -0.4 is 11.5 Å². The molecule has 134 valence electrons.